The molecule has 2 unspecified atom stereocenters. The second-order valence-electron chi connectivity index (χ2n) is 8.43. The number of aromatic amines is 1. The zero-order chi connectivity index (χ0) is 15.2. The van der Waals surface area contributed by atoms with E-state index in [0.29, 0.717) is 11.2 Å². The Morgan fingerprint density at radius 3 is 2.74 bits per heavy atom. The number of H-pyrrole nitrogens is 1. The highest BCUT2D eigenvalue weighted by Crippen LogP contribution is 2.65. The molecule has 4 bridgehead atoms. The molecule has 0 spiro atoms. The second-order valence-corrected chi connectivity index (χ2v) is 8.43. The number of aryl methyl sites for hydroxylation is 1. The molecule has 2 aromatic rings. The predicted octanol–water partition coefficient (Wildman–Crippen LogP) is 2.53. The van der Waals surface area contributed by atoms with Gasteiger partial charge in [-0.1, -0.05) is 0 Å². The van der Waals surface area contributed by atoms with Crippen molar-refractivity contribution in [2.75, 3.05) is 0 Å². The number of hydrogen-bond donors (Lipinski definition) is 1. The molecule has 0 amide bonds. The minimum atomic E-state index is 0.0950. The van der Waals surface area contributed by atoms with E-state index in [4.69, 9.17) is 9.97 Å². The van der Waals surface area contributed by atoms with Crippen LogP contribution in [0.25, 0.3) is 11.2 Å². The first kappa shape index (κ1) is 12.7. The number of fused-ring (bicyclic) bond motifs is 2. The predicted molar refractivity (Wildman–Crippen MR) is 86.3 cm³/mol. The van der Waals surface area contributed by atoms with Crippen LogP contribution < -0.4 is 5.56 Å². The molecule has 23 heavy (non-hydrogen) atoms. The van der Waals surface area contributed by atoms with Crippen LogP contribution in [-0.2, 0) is 18.4 Å². The third-order valence-corrected chi connectivity index (χ3v) is 7.18. The van der Waals surface area contributed by atoms with Crippen LogP contribution >= 0.6 is 0 Å². The van der Waals surface area contributed by atoms with E-state index in [1.807, 2.05) is 4.57 Å². The summed E-state index contributed by atoms with van der Waals surface area (Å²) in [7, 11) is 0. The maximum atomic E-state index is 12.8. The number of rotatable bonds is 1. The average Bonchev–Trinajstić information content (AvgIpc) is 3.16. The molecule has 4 saturated carbocycles. The van der Waals surface area contributed by atoms with Crippen molar-refractivity contribution in [2.24, 2.45) is 17.8 Å². The lowest BCUT2D eigenvalue weighted by atomic mass is 9.75. The molecule has 5 aliphatic rings. The molecule has 120 valence electrons. The summed E-state index contributed by atoms with van der Waals surface area (Å²) in [6.07, 6.45) is 9.83. The quantitative estimate of drug-likeness (QED) is 0.880. The zero-order valence-electron chi connectivity index (χ0n) is 13.3. The van der Waals surface area contributed by atoms with Crippen LogP contribution in [0.2, 0.25) is 0 Å². The SMILES string of the molecule is O=c1c2[nH]c(C34CC5CC(CC3C5)C4)nc2nc2n1CCCC2. The first-order chi connectivity index (χ1) is 11.2. The molecule has 4 aliphatic carbocycles. The normalized spacial score (nSPS) is 37.7. The fourth-order valence-corrected chi connectivity index (χ4v) is 6.42. The van der Waals surface area contributed by atoms with Gasteiger partial charge in [0.15, 0.2) is 11.2 Å². The van der Waals surface area contributed by atoms with Crippen molar-refractivity contribution < 1.29 is 0 Å². The van der Waals surface area contributed by atoms with Crippen molar-refractivity contribution in [3.8, 4) is 0 Å². The smallest absolute Gasteiger partial charge is 0.279 e. The van der Waals surface area contributed by atoms with E-state index in [-0.39, 0.29) is 11.0 Å². The van der Waals surface area contributed by atoms with E-state index in [1.54, 1.807) is 0 Å². The third kappa shape index (κ3) is 1.51. The lowest BCUT2D eigenvalue weighted by molar-refractivity contribution is 0.262. The molecule has 2 atom stereocenters. The fourth-order valence-electron chi connectivity index (χ4n) is 6.42. The van der Waals surface area contributed by atoms with Gasteiger partial charge in [0.05, 0.1) is 0 Å². The monoisotopic (exact) mass is 310 g/mol. The van der Waals surface area contributed by atoms with E-state index in [2.05, 4.69) is 4.98 Å². The van der Waals surface area contributed by atoms with Crippen LogP contribution in [-0.4, -0.2) is 19.5 Å². The third-order valence-electron chi connectivity index (χ3n) is 7.18. The summed E-state index contributed by atoms with van der Waals surface area (Å²) in [6, 6.07) is 0. The molecule has 5 nitrogen and oxygen atoms in total. The molecule has 2 aromatic heterocycles. The highest BCUT2D eigenvalue weighted by Gasteiger charge is 2.59. The Morgan fingerprint density at radius 2 is 1.91 bits per heavy atom. The van der Waals surface area contributed by atoms with Crippen molar-refractivity contribution in [2.45, 2.75) is 63.3 Å². The molecule has 0 aromatic carbocycles. The van der Waals surface area contributed by atoms with Crippen LogP contribution in [0.5, 0.6) is 0 Å². The van der Waals surface area contributed by atoms with Crippen LogP contribution in [0.3, 0.4) is 0 Å². The molecule has 4 fully saturated rings. The van der Waals surface area contributed by atoms with Crippen LogP contribution in [0.1, 0.15) is 56.6 Å². The van der Waals surface area contributed by atoms with Crippen LogP contribution in [0.4, 0.5) is 0 Å². The van der Waals surface area contributed by atoms with Gasteiger partial charge in [-0.15, -0.1) is 0 Å². The van der Waals surface area contributed by atoms with Gasteiger partial charge < -0.3 is 4.98 Å². The topological polar surface area (TPSA) is 63.6 Å². The molecule has 1 aliphatic heterocycles. The highest BCUT2D eigenvalue weighted by molar-refractivity contribution is 5.70. The minimum absolute atomic E-state index is 0.0950. The number of aromatic nitrogens is 4. The standard InChI is InChI=1S/C18H22N4O/c23-16-14-15(19-13-3-1-2-4-22(13)16)21-17(20-14)18-8-10-5-11(9-18)7-12(18)6-10/h10-12H,1-9H2,(H,20,21). The summed E-state index contributed by atoms with van der Waals surface area (Å²) in [5.41, 5.74) is 1.63. The van der Waals surface area contributed by atoms with Crippen LogP contribution in [0.15, 0.2) is 4.79 Å². The maximum Gasteiger partial charge on any atom is 0.279 e. The Labute approximate surface area is 134 Å². The number of hydrogen-bond acceptors (Lipinski definition) is 3. The van der Waals surface area contributed by atoms with Gasteiger partial charge in [0.2, 0.25) is 0 Å². The Bertz CT molecular complexity index is 865. The van der Waals surface area contributed by atoms with E-state index in [9.17, 15) is 4.79 Å². The lowest BCUT2D eigenvalue weighted by Crippen LogP contribution is -2.29. The van der Waals surface area contributed by atoms with Gasteiger partial charge in [-0.05, 0) is 62.7 Å². The van der Waals surface area contributed by atoms with E-state index >= 15 is 0 Å². The summed E-state index contributed by atoms with van der Waals surface area (Å²) >= 11 is 0. The van der Waals surface area contributed by atoms with E-state index in [1.165, 1.54) is 32.1 Å². The maximum absolute atomic E-state index is 12.8. The summed E-state index contributed by atoms with van der Waals surface area (Å²) in [6.45, 7) is 0.809. The molecular formula is C18H22N4O. The molecule has 7 rings (SSSR count). The first-order valence-electron chi connectivity index (χ1n) is 9.23. The number of imidazole rings is 1. The van der Waals surface area contributed by atoms with Gasteiger partial charge in [0, 0.05) is 18.4 Å². The minimum Gasteiger partial charge on any atom is -0.336 e. The molecule has 3 heterocycles. The largest absolute Gasteiger partial charge is 0.336 e. The van der Waals surface area contributed by atoms with Gasteiger partial charge in [-0.2, -0.15) is 0 Å². The van der Waals surface area contributed by atoms with Crippen molar-refractivity contribution in [3.05, 3.63) is 22.0 Å². The van der Waals surface area contributed by atoms with Gasteiger partial charge >= 0.3 is 0 Å². The molecular weight excluding hydrogens is 288 g/mol. The molecule has 5 heteroatoms. The molecule has 0 saturated heterocycles. The van der Waals surface area contributed by atoms with Crippen LogP contribution in [0, 0.1) is 17.8 Å². The molecule has 0 radical (unpaired) electrons. The Hall–Kier alpha value is -1.65. The van der Waals surface area contributed by atoms with Crippen molar-refractivity contribution in [3.63, 3.8) is 0 Å². The lowest BCUT2D eigenvalue weighted by Gasteiger charge is -2.30. The first-order valence-corrected chi connectivity index (χ1v) is 9.23. The van der Waals surface area contributed by atoms with Gasteiger partial charge in [0.25, 0.3) is 5.56 Å². The van der Waals surface area contributed by atoms with E-state index in [0.717, 1.165) is 55.2 Å². The van der Waals surface area contributed by atoms with Crippen molar-refractivity contribution in [1.29, 1.82) is 0 Å². The number of nitrogens with one attached hydrogen (secondary N) is 1. The van der Waals surface area contributed by atoms with Crippen molar-refractivity contribution in [1.82, 2.24) is 19.5 Å². The zero-order valence-corrected chi connectivity index (χ0v) is 13.3. The summed E-state index contributed by atoms with van der Waals surface area (Å²) in [5.74, 6) is 4.58. The Balaban J connectivity index is 1.55. The summed E-state index contributed by atoms with van der Waals surface area (Å²) in [5, 5.41) is 0. The Morgan fingerprint density at radius 1 is 1.09 bits per heavy atom. The summed E-state index contributed by atoms with van der Waals surface area (Å²) < 4.78 is 1.86. The number of nitrogens with zero attached hydrogens (tertiary/aromatic N) is 3. The molecule has 1 N–H and O–H groups in total. The van der Waals surface area contributed by atoms with Gasteiger partial charge in [-0.3, -0.25) is 9.36 Å². The van der Waals surface area contributed by atoms with Crippen molar-refractivity contribution >= 4 is 11.2 Å². The van der Waals surface area contributed by atoms with E-state index < -0.39 is 0 Å². The van der Waals surface area contributed by atoms with Gasteiger partial charge in [0.1, 0.15) is 11.6 Å². The average molecular weight is 310 g/mol. The highest BCUT2D eigenvalue weighted by atomic mass is 16.1. The Kier molecular flexibility index (Phi) is 2.24. The second kappa shape index (κ2) is 4.05. The summed E-state index contributed by atoms with van der Waals surface area (Å²) in [4.78, 5) is 25.9. The van der Waals surface area contributed by atoms with Gasteiger partial charge in [-0.25, -0.2) is 9.97 Å². The fraction of sp³-hybridized carbons (Fsp3) is 0.722.